The van der Waals surface area contributed by atoms with Crippen LogP contribution in [0.3, 0.4) is 0 Å². The lowest BCUT2D eigenvalue weighted by Crippen LogP contribution is -2.08. The standard InChI is InChI=1S/C13H20N4O/c1-4-11-7-12(17(6-3)15-11)13(18)10-8-14-16(5-2)9-10/h7-9,13,18H,4-6H2,1-3H3. The lowest BCUT2D eigenvalue weighted by molar-refractivity contribution is 0.208. The molecule has 1 unspecified atom stereocenters. The van der Waals surface area contributed by atoms with Crippen molar-refractivity contribution in [1.82, 2.24) is 19.6 Å². The molecule has 2 rings (SSSR count). The summed E-state index contributed by atoms with van der Waals surface area (Å²) in [5.41, 5.74) is 2.66. The van der Waals surface area contributed by atoms with Crippen LogP contribution in [0.5, 0.6) is 0 Å². The molecular weight excluding hydrogens is 228 g/mol. The fraction of sp³-hybridized carbons (Fsp3) is 0.538. The van der Waals surface area contributed by atoms with E-state index in [1.54, 1.807) is 6.20 Å². The van der Waals surface area contributed by atoms with Gasteiger partial charge in [0.25, 0.3) is 0 Å². The first-order valence-electron chi connectivity index (χ1n) is 6.46. The second-order valence-corrected chi connectivity index (χ2v) is 4.26. The Balaban J connectivity index is 2.32. The van der Waals surface area contributed by atoms with E-state index in [-0.39, 0.29) is 0 Å². The third kappa shape index (κ3) is 2.31. The van der Waals surface area contributed by atoms with Gasteiger partial charge in [0.2, 0.25) is 0 Å². The molecule has 0 spiro atoms. The van der Waals surface area contributed by atoms with Crippen LogP contribution in [0.1, 0.15) is 43.8 Å². The third-order valence-corrected chi connectivity index (χ3v) is 3.10. The molecule has 0 saturated heterocycles. The first-order chi connectivity index (χ1) is 8.69. The zero-order valence-electron chi connectivity index (χ0n) is 11.2. The third-order valence-electron chi connectivity index (χ3n) is 3.10. The van der Waals surface area contributed by atoms with Crippen molar-refractivity contribution in [1.29, 1.82) is 0 Å². The van der Waals surface area contributed by atoms with Gasteiger partial charge in [-0.2, -0.15) is 10.2 Å². The smallest absolute Gasteiger partial charge is 0.124 e. The van der Waals surface area contributed by atoms with Gasteiger partial charge in [0.05, 0.1) is 17.6 Å². The minimum Gasteiger partial charge on any atom is -0.382 e. The lowest BCUT2D eigenvalue weighted by Gasteiger charge is -2.10. The summed E-state index contributed by atoms with van der Waals surface area (Å²) in [6.07, 6.45) is 3.81. The second-order valence-electron chi connectivity index (χ2n) is 4.26. The number of nitrogens with zero attached hydrogens (tertiary/aromatic N) is 4. The van der Waals surface area contributed by atoms with Crippen molar-refractivity contribution in [3.63, 3.8) is 0 Å². The Morgan fingerprint density at radius 1 is 1.28 bits per heavy atom. The molecule has 2 aromatic rings. The fourth-order valence-electron chi connectivity index (χ4n) is 2.00. The van der Waals surface area contributed by atoms with Gasteiger partial charge >= 0.3 is 0 Å². The average molecular weight is 248 g/mol. The van der Waals surface area contributed by atoms with Gasteiger partial charge in [-0.3, -0.25) is 9.36 Å². The topological polar surface area (TPSA) is 55.9 Å². The predicted octanol–water partition coefficient (Wildman–Crippen LogP) is 1.76. The van der Waals surface area contributed by atoms with Crippen LogP contribution in [0.15, 0.2) is 18.5 Å². The van der Waals surface area contributed by atoms with Crippen molar-refractivity contribution in [3.8, 4) is 0 Å². The van der Waals surface area contributed by atoms with Crippen LogP contribution in [0, 0.1) is 0 Å². The van der Waals surface area contributed by atoms with E-state index in [1.165, 1.54) is 0 Å². The molecule has 0 saturated carbocycles. The van der Waals surface area contributed by atoms with E-state index < -0.39 is 6.10 Å². The van der Waals surface area contributed by atoms with Gasteiger partial charge < -0.3 is 5.11 Å². The number of aromatic nitrogens is 4. The van der Waals surface area contributed by atoms with Gasteiger partial charge in [-0.1, -0.05) is 6.92 Å². The summed E-state index contributed by atoms with van der Waals surface area (Å²) >= 11 is 0. The van der Waals surface area contributed by atoms with Gasteiger partial charge in [-0.05, 0) is 26.3 Å². The molecule has 0 bridgehead atoms. The van der Waals surface area contributed by atoms with Crippen LogP contribution in [0.25, 0.3) is 0 Å². The number of hydrogen-bond acceptors (Lipinski definition) is 3. The molecule has 0 radical (unpaired) electrons. The highest BCUT2D eigenvalue weighted by Crippen LogP contribution is 2.22. The Labute approximate surface area is 107 Å². The van der Waals surface area contributed by atoms with Crippen molar-refractivity contribution in [2.24, 2.45) is 0 Å². The maximum Gasteiger partial charge on any atom is 0.124 e. The van der Waals surface area contributed by atoms with Crippen molar-refractivity contribution in [3.05, 3.63) is 35.4 Å². The monoisotopic (exact) mass is 248 g/mol. The Morgan fingerprint density at radius 3 is 2.61 bits per heavy atom. The van der Waals surface area contributed by atoms with Gasteiger partial charge in [-0.25, -0.2) is 0 Å². The zero-order chi connectivity index (χ0) is 13.1. The van der Waals surface area contributed by atoms with Crippen molar-refractivity contribution >= 4 is 0 Å². The predicted molar refractivity (Wildman–Crippen MR) is 69.2 cm³/mol. The van der Waals surface area contributed by atoms with Crippen LogP contribution in [0.4, 0.5) is 0 Å². The van der Waals surface area contributed by atoms with Crippen molar-refractivity contribution in [2.75, 3.05) is 0 Å². The molecule has 0 aromatic carbocycles. The summed E-state index contributed by atoms with van der Waals surface area (Å²) in [5, 5.41) is 19.0. The molecule has 0 fully saturated rings. The molecule has 1 N–H and O–H groups in total. The molecule has 0 amide bonds. The van der Waals surface area contributed by atoms with Gasteiger partial charge in [-0.15, -0.1) is 0 Å². The van der Waals surface area contributed by atoms with Gasteiger partial charge in [0, 0.05) is 24.8 Å². The lowest BCUT2D eigenvalue weighted by atomic mass is 10.1. The number of aliphatic hydroxyl groups excluding tert-OH is 1. The molecule has 1 atom stereocenters. The largest absolute Gasteiger partial charge is 0.382 e. The molecule has 0 aliphatic rings. The molecule has 0 aliphatic carbocycles. The fourth-order valence-corrected chi connectivity index (χ4v) is 2.00. The maximum atomic E-state index is 10.4. The van der Waals surface area contributed by atoms with E-state index in [4.69, 9.17) is 0 Å². The number of aryl methyl sites for hydroxylation is 3. The van der Waals surface area contributed by atoms with Gasteiger partial charge in [0.15, 0.2) is 0 Å². The number of hydrogen-bond donors (Lipinski definition) is 1. The minimum absolute atomic E-state index is 0.655. The average Bonchev–Trinajstić information content (AvgIpc) is 3.03. The molecule has 18 heavy (non-hydrogen) atoms. The van der Waals surface area contributed by atoms with Crippen LogP contribution >= 0.6 is 0 Å². The Hall–Kier alpha value is -1.62. The van der Waals surface area contributed by atoms with E-state index in [2.05, 4.69) is 17.1 Å². The summed E-state index contributed by atoms with van der Waals surface area (Å²) in [6.45, 7) is 7.68. The minimum atomic E-state index is -0.655. The Kier molecular flexibility index (Phi) is 3.81. The van der Waals surface area contributed by atoms with E-state index in [9.17, 15) is 5.11 Å². The van der Waals surface area contributed by atoms with Crippen molar-refractivity contribution < 1.29 is 5.11 Å². The van der Waals surface area contributed by atoms with E-state index in [0.29, 0.717) is 0 Å². The second kappa shape index (κ2) is 5.35. The van der Waals surface area contributed by atoms with Crippen LogP contribution in [-0.2, 0) is 19.5 Å². The highest BCUT2D eigenvalue weighted by molar-refractivity contribution is 5.23. The molecule has 0 aliphatic heterocycles. The van der Waals surface area contributed by atoms with E-state index in [1.807, 2.05) is 35.5 Å². The highest BCUT2D eigenvalue weighted by atomic mass is 16.3. The summed E-state index contributed by atoms with van der Waals surface area (Å²) in [7, 11) is 0. The Morgan fingerprint density at radius 2 is 2.06 bits per heavy atom. The molecular formula is C13H20N4O. The quantitative estimate of drug-likeness (QED) is 0.877. The summed E-state index contributed by atoms with van der Waals surface area (Å²) in [6, 6.07) is 1.97. The van der Waals surface area contributed by atoms with Crippen LogP contribution in [-0.4, -0.2) is 24.7 Å². The summed E-state index contributed by atoms with van der Waals surface area (Å²) in [5.74, 6) is 0. The molecule has 2 aromatic heterocycles. The maximum absolute atomic E-state index is 10.4. The first-order valence-corrected chi connectivity index (χ1v) is 6.46. The van der Waals surface area contributed by atoms with Crippen molar-refractivity contribution in [2.45, 2.75) is 46.4 Å². The number of aliphatic hydroxyl groups is 1. The Bertz CT molecular complexity index is 515. The van der Waals surface area contributed by atoms with Gasteiger partial charge in [0.1, 0.15) is 6.10 Å². The van der Waals surface area contributed by atoms with E-state index >= 15 is 0 Å². The normalized spacial score (nSPS) is 12.9. The first kappa shape index (κ1) is 12.8. The van der Waals surface area contributed by atoms with E-state index in [0.717, 1.165) is 36.5 Å². The summed E-state index contributed by atoms with van der Waals surface area (Å²) in [4.78, 5) is 0. The van der Waals surface area contributed by atoms with Crippen LogP contribution in [0.2, 0.25) is 0 Å². The SMILES string of the molecule is CCc1cc(C(O)c2cnn(CC)c2)n(CC)n1. The molecule has 5 heteroatoms. The molecule has 2 heterocycles. The zero-order valence-corrected chi connectivity index (χ0v) is 11.2. The van der Waals surface area contributed by atoms with Crippen LogP contribution < -0.4 is 0 Å². The molecule has 98 valence electrons. The molecule has 5 nitrogen and oxygen atoms in total. The number of rotatable bonds is 5. The highest BCUT2D eigenvalue weighted by Gasteiger charge is 2.18. The summed E-state index contributed by atoms with van der Waals surface area (Å²) < 4.78 is 3.67.